The fourth-order valence-electron chi connectivity index (χ4n) is 2.16. The molecule has 1 aromatic heterocycles. The third kappa shape index (κ3) is 3.26. The van der Waals surface area contributed by atoms with E-state index in [1.54, 1.807) is 16.0 Å². The molecular formula is C14H20N4O2. The van der Waals surface area contributed by atoms with Crippen molar-refractivity contribution in [2.24, 2.45) is 0 Å². The minimum atomic E-state index is -0.0118. The lowest BCUT2D eigenvalue weighted by Crippen LogP contribution is -2.53. The van der Waals surface area contributed by atoms with Crippen molar-refractivity contribution in [2.75, 3.05) is 31.5 Å². The van der Waals surface area contributed by atoms with Gasteiger partial charge in [-0.25, -0.2) is 4.98 Å². The lowest BCUT2D eigenvalue weighted by molar-refractivity contribution is -0.150. The Labute approximate surface area is 118 Å². The maximum absolute atomic E-state index is 12.0. The Morgan fingerprint density at radius 3 is 2.45 bits per heavy atom. The minimum Gasteiger partial charge on any atom is -0.370 e. The molecule has 20 heavy (non-hydrogen) atoms. The molecule has 2 heterocycles. The van der Waals surface area contributed by atoms with Crippen LogP contribution < -0.4 is 5.32 Å². The summed E-state index contributed by atoms with van der Waals surface area (Å²) in [6.45, 7) is 6.05. The molecule has 2 amide bonds. The minimum absolute atomic E-state index is 0.00401. The summed E-state index contributed by atoms with van der Waals surface area (Å²) in [7, 11) is 0. The van der Waals surface area contributed by atoms with Crippen LogP contribution in [0.5, 0.6) is 0 Å². The van der Waals surface area contributed by atoms with Crippen LogP contribution in [0, 0.1) is 0 Å². The number of rotatable bonds is 5. The molecule has 1 aliphatic heterocycles. The summed E-state index contributed by atoms with van der Waals surface area (Å²) >= 11 is 0. The number of aromatic nitrogens is 1. The molecule has 0 bridgehead atoms. The van der Waals surface area contributed by atoms with Crippen molar-refractivity contribution in [1.29, 1.82) is 0 Å². The number of nitrogens with zero attached hydrogens (tertiary/aromatic N) is 3. The first kappa shape index (κ1) is 14.3. The number of carbonyl (C=O) groups is 2. The maximum Gasteiger partial charge on any atom is 0.242 e. The lowest BCUT2D eigenvalue weighted by Gasteiger charge is -2.33. The summed E-state index contributed by atoms with van der Waals surface area (Å²) in [5.74, 6) is 0.806. The van der Waals surface area contributed by atoms with E-state index in [9.17, 15) is 9.59 Å². The highest BCUT2D eigenvalue weighted by molar-refractivity contribution is 5.92. The van der Waals surface area contributed by atoms with E-state index in [1.165, 1.54) is 0 Å². The van der Waals surface area contributed by atoms with Gasteiger partial charge in [-0.1, -0.05) is 6.07 Å². The summed E-state index contributed by atoms with van der Waals surface area (Å²) in [5.41, 5.74) is 0.928. The zero-order chi connectivity index (χ0) is 14.5. The SMILES string of the molecule is CCNc1ccc(CN2CC(=O)N(CC)CC2=O)cn1. The zero-order valence-corrected chi connectivity index (χ0v) is 11.9. The number of nitrogens with one attached hydrogen (secondary N) is 1. The van der Waals surface area contributed by atoms with Crippen LogP contribution in [0.25, 0.3) is 0 Å². The van der Waals surface area contributed by atoms with Crippen molar-refractivity contribution in [1.82, 2.24) is 14.8 Å². The van der Waals surface area contributed by atoms with Gasteiger partial charge < -0.3 is 15.1 Å². The van der Waals surface area contributed by atoms with Crippen LogP contribution in [0.4, 0.5) is 5.82 Å². The van der Waals surface area contributed by atoms with E-state index in [1.807, 2.05) is 26.0 Å². The van der Waals surface area contributed by atoms with E-state index in [2.05, 4.69) is 10.3 Å². The molecule has 6 nitrogen and oxygen atoms in total. The van der Waals surface area contributed by atoms with Crippen molar-refractivity contribution >= 4 is 17.6 Å². The van der Waals surface area contributed by atoms with Crippen molar-refractivity contribution in [3.05, 3.63) is 23.9 Å². The van der Waals surface area contributed by atoms with E-state index in [4.69, 9.17) is 0 Å². The highest BCUT2D eigenvalue weighted by Gasteiger charge is 2.28. The molecule has 108 valence electrons. The van der Waals surface area contributed by atoms with Gasteiger partial charge in [0.2, 0.25) is 11.8 Å². The number of pyridine rings is 1. The van der Waals surface area contributed by atoms with E-state index in [0.717, 1.165) is 17.9 Å². The molecule has 0 saturated carbocycles. The van der Waals surface area contributed by atoms with Gasteiger partial charge in [0.15, 0.2) is 0 Å². The van der Waals surface area contributed by atoms with Gasteiger partial charge in [-0.3, -0.25) is 9.59 Å². The predicted molar refractivity (Wildman–Crippen MR) is 76.1 cm³/mol. The Bertz CT molecular complexity index is 486. The average Bonchev–Trinajstić information content (AvgIpc) is 2.45. The number of hydrogen-bond donors (Lipinski definition) is 1. The van der Waals surface area contributed by atoms with Crippen molar-refractivity contribution in [3.63, 3.8) is 0 Å². The molecular weight excluding hydrogens is 256 g/mol. The lowest BCUT2D eigenvalue weighted by atomic mass is 10.2. The fourth-order valence-corrected chi connectivity index (χ4v) is 2.16. The molecule has 1 fully saturated rings. The Kier molecular flexibility index (Phi) is 4.55. The molecule has 0 spiro atoms. The molecule has 2 rings (SSSR count). The third-order valence-electron chi connectivity index (χ3n) is 3.30. The molecule has 1 aliphatic rings. The second-order valence-corrected chi connectivity index (χ2v) is 4.74. The molecule has 6 heteroatoms. The van der Waals surface area contributed by atoms with Gasteiger partial charge in [0.05, 0.1) is 6.54 Å². The van der Waals surface area contributed by atoms with Gasteiger partial charge in [0, 0.05) is 25.8 Å². The molecule has 0 atom stereocenters. The first-order chi connectivity index (χ1) is 9.63. The summed E-state index contributed by atoms with van der Waals surface area (Å²) in [4.78, 5) is 31.2. The normalized spacial score (nSPS) is 15.7. The summed E-state index contributed by atoms with van der Waals surface area (Å²) in [6.07, 6.45) is 1.74. The molecule has 0 aromatic carbocycles. The molecule has 1 saturated heterocycles. The van der Waals surface area contributed by atoms with Crippen LogP contribution in [-0.2, 0) is 16.1 Å². The van der Waals surface area contributed by atoms with Gasteiger partial charge in [0.25, 0.3) is 0 Å². The van der Waals surface area contributed by atoms with Crippen LogP contribution in [-0.4, -0.2) is 52.8 Å². The first-order valence-corrected chi connectivity index (χ1v) is 6.88. The molecule has 1 N–H and O–H groups in total. The Morgan fingerprint density at radius 1 is 1.15 bits per heavy atom. The van der Waals surface area contributed by atoms with Gasteiger partial charge in [-0.2, -0.15) is 0 Å². The van der Waals surface area contributed by atoms with Crippen LogP contribution in [0.15, 0.2) is 18.3 Å². The van der Waals surface area contributed by atoms with Crippen molar-refractivity contribution in [3.8, 4) is 0 Å². The topological polar surface area (TPSA) is 65.5 Å². The van der Waals surface area contributed by atoms with Crippen LogP contribution in [0.3, 0.4) is 0 Å². The molecule has 0 radical (unpaired) electrons. The maximum atomic E-state index is 12.0. The van der Waals surface area contributed by atoms with Gasteiger partial charge in [-0.15, -0.1) is 0 Å². The van der Waals surface area contributed by atoms with E-state index in [0.29, 0.717) is 13.1 Å². The highest BCUT2D eigenvalue weighted by atomic mass is 16.2. The van der Waals surface area contributed by atoms with E-state index in [-0.39, 0.29) is 24.9 Å². The van der Waals surface area contributed by atoms with E-state index < -0.39 is 0 Å². The number of carbonyl (C=O) groups excluding carboxylic acids is 2. The number of likely N-dealkylation sites (N-methyl/N-ethyl adjacent to an activating group) is 1. The summed E-state index contributed by atoms with van der Waals surface area (Å²) < 4.78 is 0. The van der Waals surface area contributed by atoms with Crippen LogP contribution >= 0.6 is 0 Å². The summed E-state index contributed by atoms with van der Waals surface area (Å²) in [5, 5.41) is 3.12. The number of hydrogen-bond acceptors (Lipinski definition) is 4. The monoisotopic (exact) mass is 276 g/mol. The Balaban J connectivity index is 1.99. The second kappa shape index (κ2) is 6.36. The Morgan fingerprint density at radius 2 is 1.85 bits per heavy atom. The van der Waals surface area contributed by atoms with Gasteiger partial charge >= 0.3 is 0 Å². The fraction of sp³-hybridized carbons (Fsp3) is 0.500. The second-order valence-electron chi connectivity index (χ2n) is 4.74. The molecule has 1 aromatic rings. The molecule has 0 aliphatic carbocycles. The predicted octanol–water partition coefficient (Wildman–Crippen LogP) is 0.704. The van der Waals surface area contributed by atoms with Crippen molar-refractivity contribution < 1.29 is 9.59 Å². The standard InChI is InChI=1S/C14H20N4O2/c1-3-15-12-6-5-11(7-16-12)8-18-10-13(19)17(4-2)9-14(18)20/h5-7H,3-4,8-10H2,1-2H3,(H,15,16). The van der Waals surface area contributed by atoms with E-state index >= 15 is 0 Å². The smallest absolute Gasteiger partial charge is 0.242 e. The number of piperazine rings is 1. The van der Waals surface area contributed by atoms with Gasteiger partial charge in [0.1, 0.15) is 12.4 Å². The summed E-state index contributed by atoms with van der Waals surface area (Å²) in [6, 6.07) is 3.81. The van der Waals surface area contributed by atoms with Crippen molar-refractivity contribution in [2.45, 2.75) is 20.4 Å². The number of amides is 2. The highest BCUT2D eigenvalue weighted by Crippen LogP contribution is 2.11. The third-order valence-corrected chi connectivity index (χ3v) is 3.30. The Hall–Kier alpha value is -2.11. The largest absolute Gasteiger partial charge is 0.370 e. The van der Waals surface area contributed by atoms with Crippen LogP contribution in [0.1, 0.15) is 19.4 Å². The zero-order valence-electron chi connectivity index (χ0n) is 11.9. The van der Waals surface area contributed by atoms with Gasteiger partial charge in [-0.05, 0) is 25.5 Å². The molecule has 0 unspecified atom stereocenters. The first-order valence-electron chi connectivity index (χ1n) is 6.88. The average molecular weight is 276 g/mol. The number of anilines is 1. The van der Waals surface area contributed by atoms with Crippen LogP contribution in [0.2, 0.25) is 0 Å². The quantitative estimate of drug-likeness (QED) is 0.860.